The maximum absolute atomic E-state index is 17.0. The van der Waals surface area contributed by atoms with Crippen LogP contribution in [0.15, 0.2) is 65.0 Å². The summed E-state index contributed by atoms with van der Waals surface area (Å²) in [7, 11) is 2.58. The summed E-state index contributed by atoms with van der Waals surface area (Å²) in [5, 5.41) is 7.36. The number of piperidine rings is 1. The number of amides is 4. The molecule has 2 aromatic heterocycles. The van der Waals surface area contributed by atoms with Gasteiger partial charge < -0.3 is 34.6 Å². The molecular formula is C52H59FN8O7S. The van der Waals surface area contributed by atoms with Crippen molar-refractivity contribution >= 4 is 68.8 Å². The molecule has 2 saturated heterocycles. The van der Waals surface area contributed by atoms with Gasteiger partial charge in [-0.2, -0.15) is 0 Å². The van der Waals surface area contributed by atoms with Crippen LogP contribution in [0.3, 0.4) is 0 Å². The lowest BCUT2D eigenvalue weighted by molar-refractivity contribution is -0.135. The van der Waals surface area contributed by atoms with Crippen molar-refractivity contribution in [1.29, 1.82) is 0 Å². The minimum absolute atomic E-state index is 0.102. The van der Waals surface area contributed by atoms with E-state index in [0.717, 1.165) is 74.6 Å². The normalized spacial score (nSPS) is 23.2. The minimum atomic E-state index is -0.744. The fourth-order valence-corrected chi connectivity index (χ4v) is 11.8. The van der Waals surface area contributed by atoms with Gasteiger partial charge in [0.05, 0.1) is 53.0 Å². The Hall–Kier alpha value is -6.36. The Morgan fingerprint density at radius 1 is 0.826 bits per heavy atom. The van der Waals surface area contributed by atoms with Crippen LogP contribution in [-0.2, 0) is 19.1 Å². The lowest BCUT2D eigenvalue weighted by atomic mass is 9.95. The Bertz CT molecular complexity index is 2900. The Balaban J connectivity index is 0.917. The molecule has 17 heteroatoms. The van der Waals surface area contributed by atoms with Crippen LogP contribution in [0.5, 0.6) is 5.75 Å². The molecule has 5 aliphatic heterocycles. The van der Waals surface area contributed by atoms with E-state index in [1.165, 1.54) is 14.2 Å². The Labute approximate surface area is 404 Å². The second-order valence-electron chi connectivity index (χ2n) is 20.1. The molecule has 2 unspecified atom stereocenters. The zero-order valence-electron chi connectivity index (χ0n) is 40.2. The Kier molecular flexibility index (Phi) is 12.2. The third-order valence-corrected chi connectivity index (χ3v) is 15.9. The lowest BCUT2D eigenvalue weighted by Gasteiger charge is -2.33. The molecule has 7 atom stereocenters. The van der Waals surface area contributed by atoms with Crippen LogP contribution in [0.2, 0.25) is 0 Å². The quantitative estimate of drug-likeness (QED) is 0.142. The van der Waals surface area contributed by atoms with E-state index >= 15 is 4.39 Å². The van der Waals surface area contributed by atoms with Gasteiger partial charge in [0.15, 0.2) is 0 Å². The van der Waals surface area contributed by atoms with E-state index in [9.17, 15) is 19.2 Å². The predicted octanol–water partition coefficient (Wildman–Crippen LogP) is 9.08. The first-order chi connectivity index (χ1) is 33.1. The summed E-state index contributed by atoms with van der Waals surface area (Å²) in [6.45, 7) is 12.4. The fourth-order valence-electron chi connectivity index (χ4n) is 10.9. The molecule has 0 radical (unpaired) electrons. The molecule has 0 bridgehead atoms. The molecule has 69 heavy (non-hydrogen) atoms. The summed E-state index contributed by atoms with van der Waals surface area (Å²) in [5.74, 6) is 0.0630. The maximum atomic E-state index is 17.0. The van der Waals surface area contributed by atoms with Gasteiger partial charge in [-0.25, -0.2) is 19.0 Å². The number of nitrogens with zero attached hydrogens (tertiary/aromatic N) is 6. The number of benzene rings is 2. The summed E-state index contributed by atoms with van der Waals surface area (Å²) in [4.78, 5) is 71.4. The van der Waals surface area contributed by atoms with Crippen LogP contribution >= 0.6 is 11.3 Å². The third-order valence-electron chi connectivity index (χ3n) is 14.6. The van der Waals surface area contributed by atoms with E-state index in [2.05, 4.69) is 47.2 Å². The highest BCUT2D eigenvalue weighted by atomic mass is 32.1. The second-order valence-corrected chi connectivity index (χ2v) is 21.2. The van der Waals surface area contributed by atoms with E-state index in [4.69, 9.17) is 29.2 Å². The number of methoxy groups -OCH3 is 2. The monoisotopic (exact) mass is 958 g/mol. The molecule has 7 heterocycles. The smallest absolute Gasteiger partial charge is 0.407 e. The molecule has 0 spiro atoms. The molecule has 6 aliphatic rings. The highest BCUT2D eigenvalue weighted by Crippen LogP contribution is 2.51. The number of carbonyl (C=O) groups excluding carboxylic acids is 4. The molecule has 362 valence electrons. The van der Waals surface area contributed by atoms with Gasteiger partial charge in [-0.3, -0.25) is 24.1 Å². The van der Waals surface area contributed by atoms with Gasteiger partial charge in [0.2, 0.25) is 18.0 Å². The van der Waals surface area contributed by atoms with Gasteiger partial charge in [0, 0.05) is 66.8 Å². The average Bonchev–Trinajstić information content (AvgIpc) is 4.09. The molecule has 3 fully saturated rings. The molecular weight excluding hydrogens is 900 g/mol. The number of rotatable bonds is 12. The predicted molar refractivity (Wildman–Crippen MR) is 263 cm³/mol. The first-order valence-electron chi connectivity index (χ1n) is 24.1. The number of allylic oxidation sites excluding steroid dienone is 2. The number of carbonyl (C=O) groups is 4. The molecule has 10 rings (SSSR count). The number of alkyl carbamates (subject to hydrolysis) is 2. The van der Waals surface area contributed by atoms with Crippen molar-refractivity contribution in [3.05, 3.63) is 81.8 Å². The number of hydrogen-bond donors (Lipinski definition) is 2. The summed E-state index contributed by atoms with van der Waals surface area (Å²) in [6, 6.07) is 10.0. The van der Waals surface area contributed by atoms with Gasteiger partial charge in [-0.05, 0) is 96.0 Å². The van der Waals surface area contributed by atoms with E-state index < -0.39 is 36.3 Å². The summed E-state index contributed by atoms with van der Waals surface area (Å²) >= 11 is 1.58. The van der Waals surface area contributed by atoms with Gasteiger partial charge in [0.25, 0.3) is 0 Å². The standard InChI is InChI=1S/C52H59FN8O7S/c1-25(2)45(57-51(64)66-7)48(62)59-13-9-10-38(59)35-17-33(23-54-35)29-15-34(53)44-41-20-30-14-28(11-12-37(30)61(41)50(68-42(44)21-29)43-24-56-47(69-43)27(5)6)32-16-36(55-22-32)40-19-31-18-39(31)60(40)49(63)46(26(3)4)58-52(65)67-8/h11-12,14-15,20-27,31,38-40,45-46,50H,9-10,13,16-19H2,1-8H3,(H,57,64)(H,58,65)/t31?,38-,39+,40-,45-,46-,50?/m0/s1. The number of likely N-dealkylation sites (tertiary alicyclic amines) is 2. The van der Waals surface area contributed by atoms with Crippen molar-refractivity contribution in [2.45, 2.75) is 122 Å². The molecule has 1 aliphatic carbocycles. The third kappa shape index (κ3) is 8.39. The highest BCUT2D eigenvalue weighted by Gasteiger charge is 2.56. The number of aliphatic imine (C=N–C) groups is 2. The second kappa shape index (κ2) is 18.2. The lowest BCUT2D eigenvalue weighted by Crippen LogP contribution is -2.54. The van der Waals surface area contributed by atoms with E-state index in [0.29, 0.717) is 47.9 Å². The van der Waals surface area contributed by atoms with Crippen molar-refractivity contribution in [2.24, 2.45) is 27.7 Å². The number of hydrogen-bond acceptors (Lipinski definition) is 11. The minimum Gasteiger partial charge on any atom is -0.464 e. The number of ether oxygens (including phenoxy) is 3. The zero-order chi connectivity index (χ0) is 48.6. The van der Waals surface area contributed by atoms with E-state index in [1.54, 1.807) is 23.6 Å². The van der Waals surface area contributed by atoms with Crippen LogP contribution in [0.1, 0.15) is 113 Å². The van der Waals surface area contributed by atoms with Crippen LogP contribution < -0.4 is 15.4 Å². The summed E-state index contributed by atoms with van der Waals surface area (Å²) in [5.41, 5.74) is 7.17. The topological polar surface area (TPSA) is 169 Å². The van der Waals surface area contributed by atoms with Crippen LogP contribution in [-0.4, -0.2) is 106 Å². The molecule has 4 aromatic rings. The highest BCUT2D eigenvalue weighted by molar-refractivity contribution is 7.11. The molecule has 1 saturated carbocycles. The SMILES string of the molecule is COC(=O)N[C@H](C(=O)N1CCC[C@H]1C1=NC=C(c2cc(F)c3c(c2)OC(c2cnc(C(C)C)s2)n2c-3cc3cc(C4=CN=C([C@@H]5CC6C[C@H]6N5C(=O)[C@@H](NC(=O)OC)C(C)C)C4)ccc32)C1)C(C)C. The number of nitrogens with one attached hydrogen (secondary N) is 2. The number of aromatic nitrogens is 2. The van der Waals surface area contributed by atoms with Crippen molar-refractivity contribution in [2.75, 3.05) is 20.8 Å². The van der Waals surface area contributed by atoms with Gasteiger partial charge in [0.1, 0.15) is 23.7 Å². The van der Waals surface area contributed by atoms with Crippen molar-refractivity contribution in [3.8, 4) is 17.0 Å². The fraction of sp³-hybridized carbons (Fsp3) is 0.481. The Morgan fingerprint density at radius 3 is 2.14 bits per heavy atom. The van der Waals surface area contributed by atoms with Crippen molar-refractivity contribution < 1.29 is 37.8 Å². The van der Waals surface area contributed by atoms with Gasteiger partial charge in [-0.1, -0.05) is 47.6 Å². The zero-order valence-corrected chi connectivity index (χ0v) is 41.1. The van der Waals surface area contributed by atoms with Crippen LogP contribution in [0.4, 0.5) is 14.0 Å². The van der Waals surface area contributed by atoms with Crippen molar-refractivity contribution in [3.63, 3.8) is 0 Å². The maximum Gasteiger partial charge on any atom is 0.407 e. The van der Waals surface area contributed by atoms with E-state index in [1.807, 2.05) is 62.0 Å². The number of halogens is 1. The van der Waals surface area contributed by atoms with Gasteiger partial charge >= 0.3 is 12.2 Å². The molecule has 4 amide bonds. The van der Waals surface area contributed by atoms with E-state index in [-0.39, 0.29) is 47.7 Å². The first kappa shape index (κ1) is 46.4. The molecule has 15 nitrogen and oxygen atoms in total. The Morgan fingerprint density at radius 2 is 1.49 bits per heavy atom. The molecule has 2 aromatic carbocycles. The number of fused-ring (bicyclic) bond motifs is 6. The average molecular weight is 959 g/mol. The van der Waals surface area contributed by atoms with Crippen LogP contribution in [0.25, 0.3) is 33.3 Å². The van der Waals surface area contributed by atoms with Crippen LogP contribution in [0, 0.1) is 23.6 Å². The van der Waals surface area contributed by atoms with Crippen molar-refractivity contribution in [1.82, 2.24) is 30.0 Å². The van der Waals surface area contributed by atoms with Gasteiger partial charge in [-0.15, -0.1) is 11.3 Å². The largest absolute Gasteiger partial charge is 0.464 e. The molecule has 2 N–H and O–H groups in total. The first-order valence-corrected chi connectivity index (χ1v) is 24.9. The summed E-state index contributed by atoms with van der Waals surface area (Å²) < 4.78 is 35.6. The number of thiazole rings is 1. The summed E-state index contributed by atoms with van der Waals surface area (Å²) in [6.07, 6.45) is 7.98.